The van der Waals surface area contributed by atoms with Gasteiger partial charge in [-0.15, -0.1) is 0 Å². The maximum atomic E-state index is 12.2. The van der Waals surface area contributed by atoms with Gasteiger partial charge in [0.2, 0.25) is 0 Å². The zero-order valence-electron chi connectivity index (χ0n) is 14.8. The highest BCUT2D eigenvalue weighted by Crippen LogP contribution is 2.24. The molecule has 0 spiro atoms. The third kappa shape index (κ3) is 5.54. The van der Waals surface area contributed by atoms with Crippen LogP contribution in [0.3, 0.4) is 0 Å². The molecule has 0 bridgehead atoms. The van der Waals surface area contributed by atoms with Crippen molar-refractivity contribution in [3.8, 4) is 0 Å². The first kappa shape index (κ1) is 19.4. The van der Waals surface area contributed by atoms with Crippen LogP contribution in [0.2, 0.25) is 10.0 Å². The Labute approximate surface area is 154 Å². The standard InChI is InChI=1S/C18H26Cl2N2O2/c1-18(2,3)24-17(23)21(4)15-7-9-22(10-8-15)12-13-5-6-14(19)11-16(13)20/h5-6,11,15H,7-10,12H2,1-4H3. The number of halogens is 2. The lowest BCUT2D eigenvalue weighted by molar-refractivity contribution is 0.0149. The van der Waals surface area contributed by atoms with Crippen molar-refractivity contribution in [1.29, 1.82) is 0 Å². The number of benzene rings is 1. The van der Waals surface area contributed by atoms with E-state index in [4.69, 9.17) is 27.9 Å². The van der Waals surface area contributed by atoms with Gasteiger partial charge in [0.05, 0.1) is 0 Å². The molecule has 0 unspecified atom stereocenters. The van der Waals surface area contributed by atoms with E-state index in [1.807, 2.05) is 40.0 Å². The largest absolute Gasteiger partial charge is 0.444 e. The van der Waals surface area contributed by atoms with E-state index in [0.29, 0.717) is 10.0 Å². The predicted octanol–water partition coefficient (Wildman–Crippen LogP) is 4.82. The molecule has 2 rings (SSSR count). The molecule has 1 fully saturated rings. The maximum absolute atomic E-state index is 12.2. The van der Waals surface area contributed by atoms with Crippen molar-refractivity contribution in [2.75, 3.05) is 20.1 Å². The number of hydrogen-bond donors (Lipinski definition) is 0. The van der Waals surface area contributed by atoms with Gasteiger partial charge in [-0.05, 0) is 51.3 Å². The molecule has 24 heavy (non-hydrogen) atoms. The fourth-order valence-electron chi connectivity index (χ4n) is 2.84. The van der Waals surface area contributed by atoms with Gasteiger partial charge in [-0.25, -0.2) is 4.79 Å². The summed E-state index contributed by atoms with van der Waals surface area (Å²) in [4.78, 5) is 16.3. The Morgan fingerprint density at radius 3 is 2.46 bits per heavy atom. The molecular weight excluding hydrogens is 347 g/mol. The van der Waals surface area contributed by atoms with Gasteiger partial charge < -0.3 is 9.64 Å². The van der Waals surface area contributed by atoms with Gasteiger partial charge in [0.25, 0.3) is 0 Å². The van der Waals surface area contributed by atoms with E-state index in [2.05, 4.69) is 4.90 Å². The highest BCUT2D eigenvalue weighted by Gasteiger charge is 2.28. The summed E-state index contributed by atoms with van der Waals surface area (Å²) in [5, 5.41) is 1.36. The van der Waals surface area contributed by atoms with Crippen LogP contribution >= 0.6 is 23.2 Å². The van der Waals surface area contributed by atoms with Gasteiger partial charge in [-0.1, -0.05) is 29.3 Å². The third-order valence-corrected chi connectivity index (χ3v) is 4.78. The van der Waals surface area contributed by atoms with Crippen LogP contribution in [0.1, 0.15) is 39.2 Å². The van der Waals surface area contributed by atoms with E-state index >= 15 is 0 Å². The van der Waals surface area contributed by atoms with Crippen LogP contribution in [0.5, 0.6) is 0 Å². The molecule has 0 N–H and O–H groups in total. The SMILES string of the molecule is CN(C(=O)OC(C)(C)C)C1CCN(Cc2ccc(Cl)cc2Cl)CC1. The number of nitrogens with zero attached hydrogens (tertiary/aromatic N) is 2. The number of carbonyl (C=O) groups excluding carboxylic acids is 1. The Morgan fingerprint density at radius 1 is 1.29 bits per heavy atom. The average Bonchev–Trinajstić information content (AvgIpc) is 2.48. The molecule has 0 aromatic heterocycles. The van der Waals surface area contributed by atoms with Gasteiger partial charge in [-0.3, -0.25) is 4.90 Å². The molecule has 0 saturated carbocycles. The summed E-state index contributed by atoms with van der Waals surface area (Å²) in [6.07, 6.45) is 1.61. The summed E-state index contributed by atoms with van der Waals surface area (Å²) in [6, 6.07) is 5.84. The Balaban J connectivity index is 1.85. The van der Waals surface area contributed by atoms with Gasteiger partial charge >= 0.3 is 6.09 Å². The van der Waals surface area contributed by atoms with Crippen molar-refractivity contribution in [2.45, 2.75) is 51.8 Å². The van der Waals surface area contributed by atoms with E-state index < -0.39 is 5.60 Å². The minimum Gasteiger partial charge on any atom is -0.444 e. The summed E-state index contributed by atoms with van der Waals surface area (Å²) in [5.74, 6) is 0. The number of hydrogen-bond acceptors (Lipinski definition) is 3. The maximum Gasteiger partial charge on any atom is 0.410 e. The molecule has 1 heterocycles. The minimum atomic E-state index is -0.461. The van der Waals surface area contributed by atoms with Crippen LogP contribution in [0, 0.1) is 0 Å². The number of ether oxygens (including phenoxy) is 1. The fraction of sp³-hybridized carbons (Fsp3) is 0.611. The molecule has 134 valence electrons. The zero-order chi connectivity index (χ0) is 17.9. The number of likely N-dealkylation sites (tertiary alicyclic amines) is 1. The van der Waals surface area contributed by atoms with E-state index in [9.17, 15) is 4.79 Å². The number of rotatable bonds is 3. The van der Waals surface area contributed by atoms with Crippen LogP contribution in [0.25, 0.3) is 0 Å². The van der Waals surface area contributed by atoms with Crippen molar-refractivity contribution < 1.29 is 9.53 Å². The second-order valence-electron chi connectivity index (χ2n) is 7.33. The summed E-state index contributed by atoms with van der Waals surface area (Å²) in [5.41, 5.74) is 0.622. The molecule has 0 aliphatic carbocycles. The average molecular weight is 373 g/mol. The van der Waals surface area contributed by atoms with Gasteiger partial charge in [0.15, 0.2) is 0 Å². The Hall–Kier alpha value is -0.970. The second-order valence-corrected chi connectivity index (χ2v) is 8.18. The van der Waals surface area contributed by atoms with Crippen molar-refractivity contribution in [2.24, 2.45) is 0 Å². The fourth-order valence-corrected chi connectivity index (χ4v) is 3.31. The lowest BCUT2D eigenvalue weighted by Gasteiger charge is -2.37. The molecule has 4 nitrogen and oxygen atoms in total. The highest BCUT2D eigenvalue weighted by molar-refractivity contribution is 6.35. The summed E-state index contributed by atoms with van der Waals surface area (Å²) < 4.78 is 5.45. The van der Waals surface area contributed by atoms with E-state index in [-0.39, 0.29) is 12.1 Å². The van der Waals surface area contributed by atoms with Crippen molar-refractivity contribution in [3.05, 3.63) is 33.8 Å². The van der Waals surface area contributed by atoms with E-state index in [1.54, 1.807) is 11.0 Å². The van der Waals surface area contributed by atoms with Gasteiger partial charge in [-0.2, -0.15) is 0 Å². The van der Waals surface area contributed by atoms with Crippen molar-refractivity contribution in [1.82, 2.24) is 9.80 Å². The first-order chi connectivity index (χ1) is 11.2. The van der Waals surface area contributed by atoms with Crippen LogP contribution in [0.4, 0.5) is 4.79 Å². The monoisotopic (exact) mass is 372 g/mol. The van der Waals surface area contributed by atoms with Crippen LogP contribution < -0.4 is 0 Å². The smallest absolute Gasteiger partial charge is 0.410 e. The van der Waals surface area contributed by atoms with Gasteiger partial charge in [0.1, 0.15) is 5.60 Å². The van der Waals surface area contributed by atoms with E-state index in [0.717, 1.165) is 38.0 Å². The Bertz CT molecular complexity index is 579. The number of amides is 1. The highest BCUT2D eigenvalue weighted by atomic mass is 35.5. The third-order valence-electron chi connectivity index (χ3n) is 4.20. The first-order valence-corrected chi connectivity index (χ1v) is 9.03. The number of carbonyl (C=O) groups is 1. The zero-order valence-corrected chi connectivity index (χ0v) is 16.3. The molecule has 1 aromatic rings. The van der Waals surface area contributed by atoms with Crippen LogP contribution in [0.15, 0.2) is 18.2 Å². The molecular formula is C18H26Cl2N2O2. The Kier molecular flexibility index (Phi) is 6.40. The van der Waals surface area contributed by atoms with Crippen LogP contribution in [-0.2, 0) is 11.3 Å². The molecule has 0 atom stereocenters. The topological polar surface area (TPSA) is 32.8 Å². The predicted molar refractivity (Wildman–Crippen MR) is 98.8 cm³/mol. The first-order valence-electron chi connectivity index (χ1n) is 8.28. The molecule has 1 saturated heterocycles. The molecule has 1 aliphatic heterocycles. The summed E-state index contributed by atoms with van der Waals surface area (Å²) >= 11 is 12.2. The van der Waals surface area contributed by atoms with Crippen LogP contribution in [-0.4, -0.2) is 47.7 Å². The molecule has 1 amide bonds. The molecule has 0 radical (unpaired) electrons. The van der Waals surface area contributed by atoms with Gasteiger partial charge in [0, 0.05) is 42.8 Å². The number of piperidine rings is 1. The Morgan fingerprint density at radius 2 is 1.92 bits per heavy atom. The normalized spacial score (nSPS) is 16.9. The summed E-state index contributed by atoms with van der Waals surface area (Å²) in [6.45, 7) is 8.32. The van der Waals surface area contributed by atoms with E-state index in [1.165, 1.54) is 0 Å². The summed E-state index contributed by atoms with van der Waals surface area (Å²) in [7, 11) is 1.82. The lowest BCUT2D eigenvalue weighted by Crippen LogP contribution is -2.46. The quantitative estimate of drug-likeness (QED) is 0.761. The van der Waals surface area contributed by atoms with Crippen molar-refractivity contribution in [3.63, 3.8) is 0 Å². The molecule has 1 aliphatic rings. The lowest BCUT2D eigenvalue weighted by atomic mass is 10.0. The second kappa shape index (κ2) is 7.94. The van der Waals surface area contributed by atoms with Crippen molar-refractivity contribution >= 4 is 29.3 Å². The minimum absolute atomic E-state index is 0.219. The molecule has 1 aromatic carbocycles. The molecule has 6 heteroatoms.